The monoisotopic (exact) mass is 281 g/mol. The molecule has 0 bridgehead atoms. The summed E-state index contributed by atoms with van der Waals surface area (Å²) in [7, 11) is 0. The molecule has 4 nitrogen and oxygen atoms in total. The van der Waals surface area contributed by atoms with Gasteiger partial charge in [0.05, 0.1) is 6.04 Å². The molecule has 2 saturated heterocycles. The van der Waals surface area contributed by atoms with Crippen molar-refractivity contribution in [3.8, 4) is 0 Å². The molecule has 1 unspecified atom stereocenters. The number of piperidine rings is 1. The zero-order chi connectivity index (χ0) is 14.5. The summed E-state index contributed by atoms with van der Waals surface area (Å²) in [6.07, 6.45) is 7.01. The van der Waals surface area contributed by atoms with Crippen LogP contribution in [0.3, 0.4) is 0 Å². The maximum atomic E-state index is 12.9. The summed E-state index contributed by atoms with van der Waals surface area (Å²) in [5, 5.41) is 0. The van der Waals surface area contributed by atoms with Crippen LogP contribution in [0.5, 0.6) is 0 Å². The Balaban J connectivity index is 2.01. The zero-order valence-electron chi connectivity index (χ0n) is 13.2. The molecule has 2 aliphatic rings. The summed E-state index contributed by atoms with van der Waals surface area (Å²) in [6.45, 7) is 8.23. The molecule has 20 heavy (non-hydrogen) atoms. The average molecular weight is 281 g/mol. The topological polar surface area (TPSA) is 49.6 Å². The van der Waals surface area contributed by atoms with Crippen LogP contribution in [0.2, 0.25) is 0 Å². The van der Waals surface area contributed by atoms with Crippen molar-refractivity contribution in [2.75, 3.05) is 26.2 Å². The van der Waals surface area contributed by atoms with Crippen molar-refractivity contribution in [2.45, 2.75) is 64.5 Å². The normalized spacial score (nSPS) is 24.7. The third kappa shape index (κ3) is 3.95. The van der Waals surface area contributed by atoms with Gasteiger partial charge >= 0.3 is 0 Å². The molecule has 4 heteroatoms. The Morgan fingerprint density at radius 2 is 1.55 bits per heavy atom. The zero-order valence-corrected chi connectivity index (χ0v) is 13.2. The van der Waals surface area contributed by atoms with Gasteiger partial charge < -0.3 is 10.6 Å². The molecular weight excluding hydrogens is 250 g/mol. The summed E-state index contributed by atoms with van der Waals surface area (Å²) in [4.78, 5) is 17.4. The van der Waals surface area contributed by atoms with Crippen LogP contribution in [-0.4, -0.2) is 54.0 Å². The van der Waals surface area contributed by atoms with Gasteiger partial charge in [0.1, 0.15) is 0 Å². The molecule has 2 aliphatic heterocycles. The molecule has 2 fully saturated rings. The SMILES string of the molecule is CC(C)C(C(=O)N1CCC(N)CC1)N1CCCCCC1. The number of hydrogen-bond acceptors (Lipinski definition) is 3. The van der Waals surface area contributed by atoms with Crippen molar-refractivity contribution >= 4 is 5.91 Å². The predicted octanol–water partition coefficient (Wildman–Crippen LogP) is 1.84. The van der Waals surface area contributed by atoms with Crippen LogP contribution in [0, 0.1) is 5.92 Å². The Kier molecular flexibility index (Phi) is 5.85. The minimum Gasteiger partial charge on any atom is -0.341 e. The van der Waals surface area contributed by atoms with Gasteiger partial charge in [-0.25, -0.2) is 0 Å². The van der Waals surface area contributed by atoms with E-state index in [1.807, 2.05) is 0 Å². The Labute approximate surface area is 123 Å². The largest absolute Gasteiger partial charge is 0.341 e. The second-order valence-corrected chi connectivity index (χ2v) is 6.80. The molecule has 0 aromatic carbocycles. The number of carbonyl (C=O) groups is 1. The van der Waals surface area contributed by atoms with Gasteiger partial charge in [-0.1, -0.05) is 26.7 Å². The average Bonchev–Trinajstić information content (AvgIpc) is 2.68. The van der Waals surface area contributed by atoms with Crippen molar-refractivity contribution in [3.05, 3.63) is 0 Å². The maximum absolute atomic E-state index is 12.9. The van der Waals surface area contributed by atoms with Crippen LogP contribution >= 0.6 is 0 Å². The Hall–Kier alpha value is -0.610. The first-order valence-electron chi connectivity index (χ1n) is 8.38. The quantitative estimate of drug-likeness (QED) is 0.858. The number of hydrogen-bond donors (Lipinski definition) is 1. The number of likely N-dealkylation sites (tertiary alicyclic amines) is 2. The van der Waals surface area contributed by atoms with Gasteiger partial charge in [-0.3, -0.25) is 9.69 Å². The van der Waals surface area contributed by atoms with Gasteiger partial charge in [0.2, 0.25) is 5.91 Å². The molecule has 0 aromatic rings. The van der Waals surface area contributed by atoms with Gasteiger partial charge in [-0.15, -0.1) is 0 Å². The Morgan fingerprint density at radius 1 is 1.00 bits per heavy atom. The lowest BCUT2D eigenvalue weighted by Gasteiger charge is -2.38. The number of rotatable bonds is 3. The van der Waals surface area contributed by atoms with E-state index in [-0.39, 0.29) is 12.1 Å². The van der Waals surface area contributed by atoms with Crippen molar-refractivity contribution in [3.63, 3.8) is 0 Å². The van der Waals surface area contributed by atoms with Crippen LogP contribution < -0.4 is 5.73 Å². The first-order valence-corrected chi connectivity index (χ1v) is 8.38. The van der Waals surface area contributed by atoms with E-state index in [2.05, 4.69) is 23.6 Å². The van der Waals surface area contributed by atoms with Crippen molar-refractivity contribution in [1.82, 2.24) is 9.80 Å². The third-order valence-electron chi connectivity index (χ3n) is 4.77. The number of carbonyl (C=O) groups excluding carboxylic acids is 1. The molecule has 0 spiro atoms. The van der Waals surface area contributed by atoms with E-state index < -0.39 is 0 Å². The van der Waals surface area contributed by atoms with Crippen LogP contribution in [0.1, 0.15) is 52.4 Å². The minimum absolute atomic E-state index is 0.0717. The van der Waals surface area contributed by atoms with Crippen LogP contribution in [0.25, 0.3) is 0 Å². The molecule has 1 atom stereocenters. The molecule has 2 rings (SSSR count). The second kappa shape index (κ2) is 7.41. The molecule has 0 aromatic heterocycles. The van der Waals surface area contributed by atoms with Gasteiger partial charge in [0.25, 0.3) is 0 Å². The highest BCUT2D eigenvalue weighted by molar-refractivity contribution is 5.82. The highest BCUT2D eigenvalue weighted by Crippen LogP contribution is 2.21. The molecule has 1 amide bonds. The fourth-order valence-electron chi connectivity index (χ4n) is 3.54. The van der Waals surface area contributed by atoms with Crippen LogP contribution in [0.15, 0.2) is 0 Å². The second-order valence-electron chi connectivity index (χ2n) is 6.80. The first kappa shape index (κ1) is 15.8. The summed E-state index contributed by atoms with van der Waals surface area (Å²) in [6, 6.07) is 0.358. The van der Waals surface area contributed by atoms with E-state index >= 15 is 0 Å². The van der Waals surface area contributed by atoms with Crippen molar-refractivity contribution in [2.24, 2.45) is 11.7 Å². The molecule has 2 N–H and O–H groups in total. The molecule has 0 saturated carbocycles. The summed E-state index contributed by atoms with van der Waals surface area (Å²) >= 11 is 0. The van der Waals surface area contributed by atoms with E-state index in [0.29, 0.717) is 11.8 Å². The lowest BCUT2D eigenvalue weighted by molar-refractivity contribution is -0.139. The molecule has 116 valence electrons. The highest BCUT2D eigenvalue weighted by atomic mass is 16.2. The number of nitrogens with zero attached hydrogens (tertiary/aromatic N) is 2. The Bertz CT molecular complexity index is 303. The predicted molar refractivity (Wildman–Crippen MR) is 82.5 cm³/mol. The van der Waals surface area contributed by atoms with Gasteiger partial charge in [0.15, 0.2) is 0 Å². The van der Waals surface area contributed by atoms with E-state index in [1.54, 1.807) is 0 Å². The summed E-state index contributed by atoms with van der Waals surface area (Å²) in [5.41, 5.74) is 5.95. The molecule has 2 heterocycles. The number of amides is 1. The maximum Gasteiger partial charge on any atom is 0.240 e. The van der Waals surface area contributed by atoms with Gasteiger partial charge in [-0.2, -0.15) is 0 Å². The van der Waals surface area contributed by atoms with Gasteiger partial charge in [0, 0.05) is 19.1 Å². The molecule has 0 aliphatic carbocycles. The number of nitrogens with two attached hydrogens (primary N) is 1. The van der Waals surface area contributed by atoms with E-state index in [0.717, 1.165) is 39.0 Å². The minimum atomic E-state index is 0.0717. The smallest absolute Gasteiger partial charge is 0.240 e. The summed E-state index contributed by atoms with van der Waals surface area (Å²) < 4.78 is 0. The van der Waals surface area contributed by atoms with Crippen molar-refractivity contribution < 1.29 is 4.79 Å². The fraction of sp³-hybridized carbons (Fsp3) is 0.938. The Morgan fingerprint density at radius 3 is 2.05 bits per heavy atom. The van der Waals surface area contributed by atoms with E-state index in [4.69, 9.17) is 5.73 Å². The van der Waals surface area contributed by atoms with Crippen molar-refractivity contribution in [1.29, 1.82) is 0 Å². The van der Waals surface area contributed by atoms with Gasteiger partial charge in [-0.05, 0) is 44.7 Å². The lowest BCUT2D eigenvalue weighted by Crippen LogP contribution is -2.54. The van der Waals surface area contributed by atoms with E-state index in [9.17, 15) is 4.79 Å². The first-order chi connectivity index (χ1) is 9.59. The van der Waals surface area contributed by atoms with Crippen LogP contribution in [0.4, 0.5) is 0 Å². The van der Waals surface area contributed by atoms with E-state index in [1.165, 1.54) is 25.7 Å². The lowest BCUT2D eigenvalue weighted by atomic mass is 9.98. The summed E-state index contributed by atoms with van der Waals surface area (Å²) in [5.74, 6) is 0.727. The van der Waals surface area contributed by atoms with Crippen LogP contribution in [-0.2, 0) is 4.79 Å². The third-order valence-corrected chi connectivity index (χ3v) is 4.77. The fourth-order valence-corrected chi connectivity index (χ4v) is 3.54. The molecular formula is C16H31N3O. The standard InChI is InChI=1S/C16H31N3O/c1-13(2)15(18-9-5-3-4-6-10-18)16(20)19-11-7-14(17)8-12-19/h13-15H,3-12,17H2,1-2H3. The highest BCUT2D eigenvalue weighted by Gasteiger charge is 2.33. The molecule has 0 radical (unpaired) electrons.